The van der Waals surface area contributed by atoms with Crippen molar-refractivity contribution >= 4 is 29.3 Å². The summed E-state index contributed by atoms with van der Waals surface area (Å²) in [6, 6.07) is 21.2. The molecule has 9 heteroatoms. The summed E-state index contributed by atoms with van der Waals surface area (Å²) in [7, 11) is 0. The number of ether oxygens (including phenoxy) is 2. The van der Waals surface area contributed by atoms with Crippen LogP contribution >= 0.6 is 11.8 Å². The summed E-state index contributed by atoms with van der Waals surface area (Å²) < 4.78 is 12.8. The number of carboxylic acids is 1. The van der Waals surface area contributed by atoms with Crippen LogP contribution in [0.5, 0.6) is 0 Å². The van der Waals surface area contributed by atoms with E-state index in [0.29, 0.717) is 37.1 Å². The number of pyridine rings is 1. The van der Waals surface area contributed by atoms with E-state index in [9.17, 15) is 14.7 Å². The number of unbranched alkanes of at least 4 members (excludes halogenated alkanes) is 3. The van der Waals surface area contributed by atoms with Crippen LogP contribution in [0.3, 0.4) is 0 Å². The SMILES string of the molecule is O=C(O)CCCCCCC(=O)Nc1cccc(C2OC(CSc3ccccn3)CC(c3ccc(CO)cc3)O2)c1. The van der Waals surface area contributed by atoms with Gasteiger partial charge in [0.2, 0.25) is 5.91 Å². The quantitative estimate of drug-likeness (QED) is 0.155. The average Bonchev–Trinajstić information content (AvgIpc) is 2.98. The van der Waals surface area contributed by atoms with E-state index < -0.39 is 12.3 Å². The summed E-state index contributed by atoms with van der Waals surface area (Å²) in [5, 5.41) is 22.1. The molecule has 2 aromatic carbocycles. The van der Waals surface area contributed by atoms with Gasteiger partial charge in [-0.3, -0.25) is 9.59 Å². The second-order valence-corrected chi connectivity index (χ2v) is 10.9. The summed E-state index contributed by atoms with van der Waals surface area (Å²) in [5.74, 6) is -0.148. The molecule has 3 aromatic rings. The number of aliphatic hydroxyl groups excluding tert-OH is 1. The minimum absolute atomic E-state index is 0.00981. The number of carbonyl (C=O) groups is 2. The van der Waals surface area contributed by atoms with Crippen molar-refractivity contribution in [2.75, 3.05) is 11.1 Å². The molecule has 1 aromatic heterocycles. The first-order valence-corrected chi connectivity index (χ1v) is 14.6. The Kier molecular flexibility index (Phi) is 11.5. The Balaban J connectivity index is 1.39. The van der Waals surface area contributed by atoms with Gasteiger partial charge in [0.1, 0.15) is 0 Å². The topological polar surface area (TPSA) is 118 Å². The minimum Gasteiger partial charge on any atom is -0.481 e. The lowest BCUT2D eigenvalue weighted by atomic mass is 10.0. The van der Waals surface area contributed by atoms with Crippen LogP contribution in [0, 0.1) is 0 Å². The first-order chi connectivity index (χ1) is 19.5. The van der Waals surface area contributed by atoms with Crippen LogP contribution < -0.4 is 5.32 Å². The van der Waals surface area contributed by atoms with Crippen LogP contribution in [0.15, 0.2) is 78.0 Å². The summed E-state index contributed by atoms with van der Waals surface area (Å²) in [4.78, 5) is 27.5. The zero-order valence-corrected chi connectivity index (χ0v) is 23.2. The molecule has 3 N–H and O–H groups in total. The molecule has 4 rings (SSSR count). The Hall–Kier alpha value is -3.24. The monoisotopic (exact) mass is 564 g/mol. The zero-order chi connectivity index (χ0) is 28.2. The second kappa shape index (κ2) is 15.5. The van der Waals surface area contributed by atoms with Crippen molar-refractivity contribution in [2.24, 2.45) is 0 Å². The van der Waals surface area contributed by atoms with Crippen LogP contribution in [0.1, 0.15) is 74.0 Å². The van der Waals surface area contributed by atoms with Gasteiger partial charge in [0.25, 0.3) is 0 Å². The van der Waals surface area contributed by atoms with Crippen LogP contribution in [0.25, 0.3) is 0 Å². The Morgan fingerprint density at radius 1 is 0.925 bits per heavy atom. The maximum atomic E-state index is 12.5. The van der Waals surface area contributed by atoms with E-state index in [1.54, 1.807) is 18.0 Å². The number of aliphatic hydroxyl groups is 1. The van der Waals surface area contributed by atoms with Gasteiger partial charge in [-0.25, -0.2) is 4.98 Å². The number of aromatic nitrogens is 1. The highest BCUT2D eigenvalue weighted by Crippen LogP contribution is 2.39. The largest absolute Gasteiger partial charge is 0.481 e. The molecule has 0 saturated carbocycles. The number of benzene rings is 2. The number of hydrogen-bond acceptors (Lipinski definition) is 7. The van der Waals surface area contributed by atoms with Crippen LogP contribution in [-0.2, 0) is 25.7 Å². The summed E-state index contributed by atoms with van der Waals surface area (Å²) >= 11 is 1.64. The van der Waals surface area contributed by atoms with Gasteiger partial charge in [-0.15, -0.1) is 11.8 Å². The molecule has 0 radical (unpaired) electrons. The first-order valence-electron chi connectivity index (χ1n) is 13.7. The van der Waals surface area contributed by atoms with Gasteiger partial charge < -0.3 is 25.0 Å². The van der Waals surface area contributed by atoms with Crippen LogP contribution in [0.4, 0.5) is 5.69 Å². The molecule has 3 unspecified atom stereocenters. The Morgan fingerprint density at radius 2 is 1.73 bits per heavy atom. The lowest BCUT2D eigenvalue weighted by Crippen LogP contribution is -2.31. The molecule has 1 amide bonds. The van der Waals surface area contributed by atoms with Crippen molar-refractivity contribution in [1.29, 1.82) is 0 Å². The first kappa shape index (κ1) is 29.7. The zero-order valence-electron chi connectivity index (χ0n) is 22.4. The van der Waals surface area contributed by atoms with Gasteiger partial charge >= 0.3 is 5.97 Å². The standard InChI is InChI=1S/C31H36N2O6S/c34-20-22-13-15-23(16-14-22)27-19-26(21-40-29-11-5-6-17-32-29)38-31(39-27)24-8-7-9-25(18-24)33-28(35)10-3-1-2-4-12-30(36)37/h5-9,11,13-18,26-27,31,34H,1-4,10,12,19-21H2,(H,33,35)(H,36,37). The number of amides is 1. The maximum Gasteiger partial charge on any atom is 0.303 e. The fourth-order valence-electron chi connectivity index (χ4n) is 4.54. The summed E-state index contributed by atoms with van der Waals surface area (Å²) in [6.07, 6.45) is 5.08. The highest BCUT2D eigenvalue weighted by molar-refractivity contribution is 7.99. The molecule has 2 heterocycles. The van der Waals surface area contributed by atoms with Crippen LogP contribution in [0.2, 0.25) is 0 Å². The molecule has 212 valence electrons. The molecule has 3 atom stereocenters. The summed E-state index contributed by atoms with van der Waals surface area (Å²) in [5.41, 5.74) is 3.36. The number of rotatable bonds is 14. The number of carbonyl (C=O) groups excluding carboxylic acids is 1. The summed E-state index contributed by atoms with van der Waals surface area (Å²) in [6.45, 7) is -0.00981. The number of hydrogen-bond donors (Lipinski definition) is 3. The minimum atomic E-state index is -0.784. The smallest absolute Gasteiger partial charge is 0.303 e. The number of nitrogens with zero attached hydrogens (tertiary/aromatic N) is 1. The van der Waals surface area contributed by atoms with Crippen molar-refractivity contribution in [2.45, 2.75) is 75.1 Å². The van der Waals surface area contributed by atoms with E-state index in [0.717, 1.165) is 34.6 Å². The van der Waals surface area contributed by atoms with Gasteiger partial charge in [0.15, 0.2) is 6.29 Å². The Bertz CT molecular complexity index is 1220. The van der Waals surface area contributed by atoms with E-state index in [1.807, 2.05) is 66.7 Å². The third-order valence-electron chi connectivity index (χ3n) is 6.66. The van der Waals surface area contributed by atoms with Gasteiger partial charge in [-0.2, -0.15) is 0 Å². The molecule has 0 spiro atoms. The van der Waals surface area contributed by atoms with Gasteiger partial charge in [-0.1, -0.05) is 55.3 Å². The second-order valence-electron chi connectivity index (χ2n) is 9.81. The number of thioether (sulfide) groups is 1. The fraction of sp³-hybridized carbons (Fsp3) is 0.387. The number of aliphatic carboxylic acids is 1. The van der Waals surface area contributed by atoms with Crippen molar-refractivity contribution in [3.05, 3.63) is 89.6 Å². The molecular formula is C31H36N2O6S. The average molecular weight is 565 g/mol. The van der Waals surface area contributed by atoms with Crippen molar-refractivity contribution in [3.63, 3.8) is 0 Å². The van der Waals surface area contributed by atoms with Gasteiger partial charge in [0.05, 0.1) is 23.8 Å². The van der Waals surface area contributed by atoms with E-state index in [4.69, 9.17) is 14.6 Å². The molecule has 0 bridgehead atoms. The molecule has 1 aliphatic rings. The lowest BCUT2D eigenvalue weighted by molar-refractivity contribution is -0.245. The normalized spacial score (nSPS) is 18.8. The third-order valence-corrected chi connectivity index (χ3v) is 7.73. The van der Waals surface area contributed by atoms with E-state index >= 15 is 0 Å². The molecule has 40 heavy (non-hydrogen) atoms. The predicted molar refractivity (Wildman–Crippen MR) is 154 cm³/mol. The highest BCUT2D eigenvalue weighted by atomic mass is 32.2. The van der Waals surface area contributed by atoms with Crippen molar-refractivity contribution in [3.8, 4) is 0 Å². The van der Waals surface area contributed by atoms with Gasteiger partial charge in [-0.05, 0) is 48.2 Å². The number of carboxylic acid groups (broad SMARTS) is 1. The molecule has 1 aliphatic heterocycles. The third kappa shape index (κ3) is 9.45. The number of anilines is 1. The van der Waals surface area contributed by atoms with E-state index in [-0.39, 0.29) is 31.1 Å². The van der Waals surface area contributed by atoms with Crippen LogP contribution in [-0.4, -0.2) is 38.9 Å². The molecule has 1 fully saturated rings. The molecule has 1 saturated heterocycles. The van der Waals surface area contributed by atoms with Gasteiger partial charge in [0, 0.05) is 42.5 Å². The molecule has 0 aliphatic carbocycles. The Morgan fingerprint density at radius 3 is 2.45 bits per heavy atom. The molecule has 8 nitrogen and oxygen atoms in total. The van der Waals surface area contributed by atoms with E-state index in [1.165, 1.54) is 0 Å². The van der Waals surface area contributed by atoms with E-state index in [2.05, 4.69) is 10.3 Å². The van der Waals surface area contributed by atoms with Crippen molar-refractivity contribution < 1.29 is 29.3 Å². The number of nitrogens with one attached hydrogen (secondary N) is 1. The molecular weight excluding hydrogens is 528 g/mol. The maximum absolute atomic E-state index is 12.5. The Labute approximate surface area is 239 Å². The predicted octanol–water partition coefficient (Wildman–Crippen LogP) is 6.28. The lowest BCUT2D eigenvalue weighted by Gasteiger charge is -2.36. The fourth-order valence-corrected chi connectivity index (χ4v) is 5.42. The highest BCUT2D eigenvalue weighted by Gasteiger charge is 2.32. The van der Waals surface area contributed by atoms with Crippen molar-refractivity contribution in [1.82, 2.24) is 4.98 Å².